The Bertz CT molecular complexity index is 698. The van der Waals surface area contributed by atoms with Crippen molar-refractivity contribution < 1.29 is 14.0 Å². The van der Waals surface area contributed by atoms with Crippen molar-refractivity contribution in [2.45, 2.75) is 30.6 Å². The number of fused-ring (bicyclic) bond motifs is 1. The first-order valence-electron chi connectivity index (χ1n) is 8.07. The number of ketones is 1. The van der Waals surface area contributed by atoms with Crippen LogP contribution in [0.2, 0.25) is 0 Å². The van der Waals surface area contributed by atoms with E-state index >= 15 is 0 Å². The normalized spacial score (nSPS) is 25.9. The molecule has 4 rings (SSSR count). The number of piperidine rings is 1. The minimum absolute atomic E-state index is 0.0749. The van der Waals surface area contributed by atoms with E-state index in [1.807, 2.05) is 0 Å². The topological polar surface area (TPSA) is 37.4 Å². The monoisotopic (exact) mass is 331 g/mol. The summed E-state index contributed by atoms with van der Waals surface area (Å²) in [6.07, 6.45) is 4.36. The smallest absolute Gasteiger partial charge is 0.212 e. The Balaban J connectivity index is 1.66. The lowest BCUT2D eigenvalue weighted by Crippen LogP contribution is -2.42. The van der Waals surface area contributed by atoms with Gasteiger partial charge in [0.1, 0.15) is 5.82 Å². The first-order chi connectivity index (χ1) is 11.1. The number of benzene rings is 1. The van der Waals surface area contributed by atoms with Gasteiger partial charge in [0.05, 0.1) is 6.04 Å². The summed E-state index contributed by atoms with van der Waals surface area (Å²) in [6, 6.07) is 6.05. The highest BCUT2D eigenvalue weighted by Gasteiger charge is 2.42. The largest absolute Gasteiger partial charge is 0.297 e. The fourth-order valence-electron chi connectivity index (χ4n) is 3.52. The van der Waals surface area contributed by atoms with Crippen LogP contribution in [0.3, 0.4) is 0 Å². The van der Waals surface area contributed by atoms with Crippen LogP contribution >= 0.6 is 11.8 Å². The van der Waals surface area contributed by atoms with Crippen LogP contribution in [0.15, 0.2) is 35.9 Å². The van der Waals surface area contributed by atoms with E-state index in [2.05, 4.69) is 4.90 Å². The number of likely N-dealkylation sites (tertiary alicyclic amines) is 1. The molecule has 23 heavy (non-hydrogen) atoms. The van der Waals surface area contributed by atoms with Gasteiger partial charge >= 0.3 is 0 Å². The predicted octanol–water partition coefficient (Wildman–Crippen LogP) is 3.12. The molecule has 1 aliphatic carbocycles. The van der Waals surface area contributed by atoms with Crippen LogP contribution < -0.4 is 0 Å². The van der Waals surface area contributed by atoms with Crippen molar-refractivity contribution in [3.8, 4) is 0 Å². The van der Waals surface area contributed by atoms with E-state index in [1.54, 1.807) is 24.3 Å². The average molecular weight is 331 g/mol. The minimum Gasteiger partial charge on any atom is -0.297 e. The maximum atomic E-state index is 14.3. The molecule has 0 spiro atoms. The van der Waals surface area contributed by atoms with Gasteiger partial charge in [-0.05, 0) is 37.0 Å². The molecule has 1 aromatic carbocycles. The Kier molecular flexibility index (Phi) is 3.85. The van der Waals surface area contributed by atoms with E-state index < -0.39 is 6.04 Å². The molecular formula is C18H18FNO2S. The maximum absolute atomic E-state index is 14.3. The predicted molar refractivity (Wildman–Crippen MR) is 87.5 cm³/mol. The van der Waals surface area contributed by atoms with Gasteiger partial charge in [-0.3, -0.25) is 14.5 Å². The van der Waals surface area contributed by atoms with Gasteiger partial charge in [0.2, 0.25) is 5.12 Å². The molecule has 2 atom stereocenters. The fraction of sp³-hybridized carbons (Fsp3) is 0.444. The summed E-state index contributed by atoms with van der Waals surface area (Å²) >= 11 is 1.37. The molecule has 0 bridgehead atoms. The summed E-state index contributed by atoms with van der Waals surface area (Å²) in [5, 5.41) is 0.346. The number of carbonyl (C=O) groups is 2. The average Bonchev–Trinajstić information content (AvgIpc) is 3.31. The van der Waals surface area contributed by atoms with Crippen molar-refractivity contribution in [1.82, 2.24) is 4.90 Å². The summed E-state index contributed by atoms with van der Waals surface area (Å²) < 4.78 is 14.3. The van der Waals surface area contributed by atoms with E-state index in [0.29, 0.717) is 12.1 Å². The van der Waals surface area contributed by atoms with E-state index in [9.17, 15) is 14.0 Å². The van der Waals surface area contributed by atoms with Gasteiger partial charge in [-0.25, -0.2) is 4.39 Å². The Labute approximate surface area is 138 Å². The van der Waals surface area contributed by atoms with Gasteiger partial charge in [0, 0.05) is 29.8 Å². The van der Waals surface area contributed by atoms with Crippen LogP contribution in [-0.2, 0) is 9.59 Å². The molecule has 3 aliphatic rings. The SMILES string of the molecule is O=C1C=C2CN([C@H](C(=O)C3CC3)c3ccccc3F)CC[C@@H]2S1. The van der Waals surface area contributed by atoms with Crippen LogP contribution in [0.1, 0.15) is 30.9 Å². The number of nitrogens with zero attached hydrogens (tertiary/aromatic N) is 1. The minimum atomic E-state index is -0.522. The van der Waals surface area contributed by atoms with E-state index in [4.69, 9.17) is 0 Å². The quantitative estimate of drug-likeness (QED) is 0.849. The highest BCUT2D eigenvalue weighted by Crippen LogP contribution is 2.41. The summed E-state index contributed by atoms with van der Waals surface area (Å²) in [4.78, 5) is 26.5. The van der Waals surface area contributed by atoms with Gasteiger partial charge < -0.3 is 0 Å². The lowest BCUT2D eigenvalue weighted by Gasteiger charge is -2.37. The van der Waals surface area contributed by atoms with Crippen molar-refractivity contribution >= 4 is 22.7 Å². The van der Waals surface area contributed by atoms with Crippen LogP contribution in [0.25, 0.3) is 0 Å². The van der Waals surface area contributed by atoms with E-state index in [-0.39, 0.29) is 27.9 Å². The number of thioether (sulfide) groups is 1. The molecule has 2 aliphatic heterocycles. The molecule has 0 aromatic heterocycles. The summed E-state index contributed by atoms with van der Waals surface area (Å²) in [5.41, 5.74) is 1.55. The third-order valence-corrected chi connectivity index (χ3v) is 6.03. The second kappa shape index (κ2) is 5.87. The Morgan fingerprint density at radius 3 is 2.78 bits per heavy atom. The molecule has 0 N–H and O–H groups in total. The first kappa shape index (κ1) is 15.1. The highest BCUT2D eigenvalue weighted by atomic mass is 32.2. The van der Waals surface area contributed by atoms with Gasteiger partial charge in [0.25, 0.3) is 0 Å². The van der Waals surface area contributed by atoms with Crippen molar-refractivity contribution in [3.63, 3.8) is 0 Å². The van der Waals surface area contributed by atoms with Gasteiger partial charge in [-0.15, -0.1) is 0 Å². The van der Waals surface area contributed by atoms with E-state index in [1.165, 1.54) is 17.8 Å². The van der Waals surface area contributed by atoms with Crippen LogP contribution in [0, 0.1) is 11.7 Å². The van der Waals surface area contributed by atoms with Crippen LogP contribution in [-0.4, -0.2) is 34.1 Å². The number of halogens is 1. The summed E-state index contributed by atoms with van der Waals surface area (Å²) in [5.74, 6) is -0.114. The third-order valence-electron chi connectivity index (χ3n) is 4.85. The second-order valence-corrected chi connectivity index (χ2v) is 7.71. The van der Waals surface area contributed by atoms with Crippen LogP contribution in [0.4, 0.5) is 4.39 Å². The molecule has 3 nitrogen and oxygen atoms in total. The zero-order chi connectivity index (χ0) is 16.0. The molecule has 2 heterocycles. The molecule has 2 fully saturated rings. The Hall–Kier alpha value is -1.46. The van der Waals surface area contributed by atoms with E-state index in [0.717, 1.165) is 31.4 Å². The molecule has 0 radical (unpaired) electrons. The molecular weight excluding hydrogens is 313 g/mol. The number of Topliss-reactive ketones (excluding diaryl/α,β-unsaturated/α-hetero) is 1. The zero-order valence-corrected chi connectivity index (χ0v) is 13.5. The summed E-state index contributed by atoms with van der Waals surface area (Å²) in [6.45, 7) is 1.31. The lowest BCUT2D eigenvalue weighted by atomic mass is 9.94. The Morgan fingerprint density at radius 2 is 2.04 bits per heavy atom. The van der Waals surface area contributed by atoms with Gasteiger partial charge in [-0.2, -0.15) is 0 Å². The lowest BCUT2D eigenvalue weighted by molar-refractivity contribution is -0.126. The van der Waals surface area contributed by atoms with Crippen LogP contribution in [0.5, 0.6) is 0 Å². The number of hydrogen-bond donors (Lipinski definition) is 0. The molecule has 1 saturated carbocycles. The number of hydrogen-bond acceptors (Lipinski definition) is 4. The first-order valence-corrected chi connectivity index (χ1v) is 8.95. The molecule has 5 heteroatoms. The third kappa shape index (κ3) is 2.88. The highest BCUT2D eigenvalue weighted by molar-refractivity contribution is 8.15. The summed E-state index contributed by atoms with van der Waals surface area (Å²) in [7, 11) is 0. The van der Waals surface area contributed by atoms with Crippen molar-refractivity contribution in [2.75, 3.05) is 13.1 Å². The fourth-order valence-corrected chi connectivity index (χ4v) is 4.54. The standard InChI is InChI=1S/C18H18FNO2S/c19-14-4-2-1-3-13(14)17(18(22)11-5-6-11)20-8-7-15-12(10-20)9-16(21)23-15/h1-4,9,11,15,17H,5-8,10H2/t15-,17-/m0/s1. The maximum Gasteiger partial charge on any atom is 0.212 e. The molecule has 0 amide bonds. The molecule has 0 unspecified atom stereocenters. The zero-order valence-electron chi connectivity index (χ0n) is 12.7. The molecule has 1 aromatic rings. The van der Waals surface area contributed by atoms with Crippen molar-refractivity contribution in [2.24, 2.45) is 5.92 Å². The number of rotatable bonds is 4. The van der Waals surface area contributed by atoms with Crippen molar-refractivity contribution in [3.05, 3.63) is 47.3 Å². The molecule has 1 saturated heterocycles. The molecule has 120 valence electrons. The second-order valence-electron chi connectivity index (χ2n) is 6.50. The van der Waals surface area contributed by atoms with Gasteiger partial charge in [-0.1, -0.05) is 30.0 Å². The Morgan fingerprint density at radius 1 is 1.26 bits per heavy atom. The van der Waals surface area contributed by atoms with Gasteiger partial charge in [0.15, 0.2) is 5.78 Å². The number of carbonyl (C=O) groups excluding carboxylic acids is 2. The van der Waals surface area contributed by atoms with Crippen molar-refractivity contribution in [1.29, 1.82) is 0 Å².